The molecule has 3 atom stereocenters. The summed E-state index contributed by atoms with van der Waals surface area (Å²) in [4.78, 5) is 42.2. The van der Waals surface area contributed by atoms with Crippen LogP contribution in [0.3, 0.4) is 0 Å². The van der Waals surface area contributed by atoms with Crippen LogP contribution in [0, 0.1) is 5.92 Å². The van der Waals surface area contributed by atoms with Crippen molar-refractivity contribution in [3.8, 4) is 5.82 Å². The largest absolute Gasteiger partial charge is 0.465 e. The topological polar surface area (TPSA) is 118 Å². The van der Waals surface area contributed by atoms with Gasteiger partial charge in [-0.3, -0.25) is 14.2 Å². The standard InChI is InChI=1S/C16H17F2N5O5/c1-9(24)27-6-11-5-12(16(17,18)14(11)28-10(2)25)22-4-3-13(21-15(22)26)23-8-19-7-20-23/h3-4,7-8,11-12,14H,5-6H2,1-2H3. The van der Waals surface area contributed by atoms with Crippen LogP contribution in [0.25, 0.3) is 5.82 Å². The Hall–Kier alpha value is -3.18. The molecule has 1 aliphatic rings. The molecule has 2 aromatic rings. The van der Waals surface area contributed by atoms with Gasteiger partial charge in [-0.1, -0.05) is 0 Å². The molecule has 28 heavy (non-hydrogen) atoms. The van der Waals surface area contributed by atoms with Gasteiger partial charge in [0.15, 0.2) is 11.9 Å². The molecule has 1 saturated carbocycles. The molecule has 1 fully saturated rings. The summed E-state index contributed by atoms with van der Waals surface area (Å²) in [7, 11) is 0. The molecule has 0 spiro atoms. The van der Waals surface area contributed by atoms with E-state index < -0.39 is 41.6 Å². The molecule has 0 N–H and O–H groups in total. The van der Waals surface area contributed by atoms with Gasteiger partial charge in [0.25, 0.3) is 0 Å². The van der Waals surface area contributed by atoms with Crippen LogP contribution in [-0.4, -0.2) is 54.9 Å². The lowest BCUT2D eigenvalue weighted by molar-refractivity contribution is -0.177. The maximum absolute atomic E-state index is 15.0. The van der Waals surface area contributed by atoms with Crippen LogP contribution in [0.5, 0.6) is 0 Å². The lowest BCUT2D eigenvalue weighted by atomic mass is 10.1. The van der Waals surface area contributed by atoms with Crippen molar-refractivity contribution in [2.75, 3.05) is 6.61 Å². The van der Waals surface area contributed by atoms with Crippen LogP contribution in [0.1, 0.15) is 26.3 Å². The van der Waals surface area contributed by atoms with Crippen molar-refractivity contribution in [2.45, 2.75) is 38.3 Å². The first-order chi connectivity index (χ1) is 13.2. The van der Waals surface area contributed by atoms with E-state index >= 15 is 8.78 Å². The van der Waals surface area contributed by atoms with Crippen molar-refractivity contribution in [1.82, 2.24) is 24.3 Å². The SMILES string of the molecule is CC(=O)OCC1CC(n2ccc(-n3cncn3)nc2=O)C(F)(F)C1OC(C)=O. The van der Waals surface area contributed by atoms with Gasteiger partial charge in [0, 0.05) is 26.0 Å². The van der Waals surface area contributed by atoms with Crippen LogP contribution >= 0.6 is 0 Å². The summed E-state index contributed by atoms with van der Waals surface area (Å²) in [5.41, 5.74) is -0.924. The van der Waals surface area contributed by atoms with E-state index in [0.29, 0.717) is 0 Å². The third kappa shape index (κ3) is 3.75. The highest BCUT2D eigenvalue weighted by molar-refractivity contribution is 5.66. The summed E-state index contributed by atoms with van der Waals surface area (Å²) in [6.07, 6.45) is 1.63. The highest BCUT2D eigenvalue weighted by atomic mass is 19.3. The maximum Gasteiger partial charge on any atom is 0.350 e. The van der Waals surface area contributed by atoms with Crippen molar-refractivity contribution >= 4 is 11.9 Å². The molecular weight excluding hydrogens is 380 g/mol. The molecule has 0 radical (unpaired) electrons. The molecule has 3 rings (SSSR count). The first-order valence-corrected chi connectivity index (χ1v) is 8.32. The van der Waals surface area contributed by atoms with Gasteiger partial charge in [0.2, 0.25) is 0 Å². The molecule has 0 saturated heterocycles. The number of hydrogen-bond donors (Lipinski definition) is 0. The number of halogens is 2. The Kier molecular flexibility index (Phi) is 5.21. The summed E-state index contributed by atoms with van der Waals surface area (Å²) in [5.74, 6) is -5.98. The van der Waals surface area contributed by atoms with Gasteiger partial charge in [-0.25, -0.2) is 23.2 Å². The number of alkyl halides is 2. The maximum atomic E-state index is 15.0. The van der Waals surface area contributed by atoms with E-state index in [2.05, 4.69) is 15.1 Å². The Bertz CT molecular complexity index is 930. The number of rotatable bonds is 5. The smallest absolute Gasteiger partial charge is 0.350 e. The van der Waals surface area contributed by atoms with Crippen LogP contribution in [0.2, 0.25) is 0 Å². The summed E-state index contributed by atoms with van der Waals surface area (Å²) in [5, 5.41) is 3.82. The molecule has 3 unspecified atom stereocenters. The monoisotopic (exact) mass is 397 g/mol. The summed E-state index contributed by atoms with van der Waals surface area (Å²) < 4.78 is 41.7. The minimum absolute atomic E-state index is 0.119. The van der Waals surface area contributed by atoms with E-state index in [1.54, 1.807) is 0 Å². The van der Waals surface area contributed by atoms with Crippen molar-refractivity contribution in [3.63, 3.8) is 0 Å². The minimum Gasteiger partial charge on any atom is -0.465 e. The molecular formula is C16H17F2N5O5. The van der Waals surface area contributed by atoms with Crippen LogP contribution in [-0.2, 0) is 19.1 Å². The van der Waals surface area contributed by atoms with Gasteiger partial charge >= 0.3 is 23.6 Å². The molecule has 150 valence electrons. The number of aromatic nitrogens is 5. The van der Waals surface area contributed by atoms with Gasteiger partial charge in [-0.05, 0) is 12.5 Å². The fraction of sp³-hybridized carbons (Fsp3) is 0.500. The molecule has 0 aromatic carbocycles. The van der Waals surface area contributed by atoms with Crippen molar-refractivity contribution < 1.29 is 27.8 Å². The number of esters is 2. The van der Waals surface area contributed by atoms with Crippen LogP contribution < -0.4 is 5.69 Å². The van der Waals surface area contributed by atoms with E-state index in [4.69, 9.17) is 9.47 Å². The average molecular weight is 397 g/mol. The molecule has 2 aromatic heterocycles. The fourth-order valence-electron chi connectivity index (χ4n) is 3.20. The van der Waals surface area contributed by atoms with Crippen LogP contribution in [0.4, 0.5) is 8.78 Å². The number of carbonyl (C=O) groups excluding carboxylic acids is 2. The predicted molar refractivity (Wildman–Crippen MR) is 87.7 cm³/mol. The fourth-order valence-corrected chi connectivity index (χ4v) is 3.20. The molecule has 0 aliphatic heterocycles. The number of hydrogen-bond acceptors (Lipinski definition) is 8. The molecule has 1 aliphatic carbocycles. The third-order valence-electron chi connectivity index (χ3n) is 4.38. The second kappa shape index (κ2) is 7.44. The van der Waals surface area contributed by atoms with Crippen LogP contribution in [0.15, 0.2) is 29.7 Å². The minimum atomic E-state index is -3.57. The zero-order chi connectivity index (χ0) is 20.5. The molecule has 12 heteroatoms. The average Bonchev–Trinajstić information content (AvgIpc) is 3.21. The predicted octanol–water partition coefficient (Wildman–Crippen LogP) is 0.515. The normalized spacial score (nSPS) is 23.4. The van der Waals surface area contributed by atoms with Gasteiger partial charge < -0.3 is 9.47 Å². The molecule has 10 nitrogen and oxygen atoms in total. The zero-order valence-electron chi connectivity index (χ0n) is 15.0. The highest BCUT2D eigenvalue weighted by Crippen LogP contribution is 2.48. The third-order valence-corrected chi connectivity index (χ3v) is 4.38. The molecule has 0 amide bonds. The van der Waals surface area contributed by atoms with E-state index in [0.717, 1.165) is 18.4 Å². The Morgan fingerprint density at radius 2 is 2.07 bits per heavy atom. The van der Waals surface area contributed by atoms with Gasteiger partial charge in [-0.15, -0.1) is 0 Å². The summed E-state index contributed by atoms with van der Waals surface area (Å²) in [6, 6.07) is -0.283. The Morgan fingerprint density at radius 3 is 2.64 bits per heavy atom. The number of carbonyl (C=O) groups is 2. The summed E-state index contributed by atoms with van der Waals surface area (Å²) in [6.45, 7) is 1.79. The first-order valence-electron chi connectivity index (χ1n) is 8.32. The highest BCUT2D eigenvalue weighted by Gasteiger charge is 2.60. The quantitative estimate of drug-likeness (QED) is 0.670. The van der Waals surface area contributed by atoms with E-state index in [1.807, 2.05) is 0 Å². The van der Waals surface area contributed by atoms with E-state index in [1.165, 1.54) is 29.6 Å². The summed E-state index contributed by atoms with van der Waals surface area (Å²) >= 11 is 0. The van der Waals surface area contributed by atoms with Crippen molar-refractivity contribution in [3.05, 3.63) is 35.4 Å². The second-order valence-corrected chi connectivity index (χ2v) is 6.33. The van der Waals surface area contributed by atoms with E-state index in [-0.39, 0.29) is 18.8 Å². The lowest BCUT2D eigenvalue weighted by Gasteiger charge is -2.26. The Labute approximate surface area is 157 Å². The van der Waals surface area contributed by atoms with E-state index in [9.17, 15) is 14.4 Å². The number of nitrogens with zero attached hydrogens (tertiary/aromatic N) is 5. The van der Waals surface area contributed by atoms with Gasteiger partial charge in [0.1, 0.15) is 18.7 Å². The van der Waals surface area contributed by atoms with Gasteiger partial charge in [0.05, 0.1) is 6.61 Å². The van der Waals surface area contributed by atoms with Crippen molar-refractivity contribution in [1.29, 1.82) is 0 Å². The zero-order valence-corrected chi connectivity index (χ0v) is 15.0. The van der Waals surface area contributed by atoms with Gasteiger partial charge in [-0.2, -0.15) is 10.1 Å². The molecule has 2 heterocycles. The first kappa shape index (κ1) is 19.6. The second-order valence-electron chi connectivity index (χ2n) is 6.33. The van der Waals surface area contributed by atoms with Crippen molar-refractivity contribution in [2.24, 2.45) is 5.92 Å². The number of ether oxygens (including phenoxy) is 2. The Balaban J connectivity index is 1.93. The molecule has 0 bridgehead atoms. The lowest BCUT2D eigenvalue weighted by Crippen LogP contribution is -2.43. The Morgan fingerprint density at radius 1 is 1.32 bits per heavy atom.